The van der Waals surface area contributed by atoms with Crippen molar-refractivity contribution in [2.24, 2.45) is 5.73 Å². The van der Waals surface area contributed by atoms with Gasteiger partial charge in [-0.3, -0.25) is 9.59 Å². The number of benzene rings is 1. The van der Waals surface area contributed by atoms with Gasteiger partial charge in [-0.25, -0.2) is 0 Å². The van der Waals surface area contributed by atoms with Crippen LogP contribution in [0.5, 0.6) is 0 Å². The topological polar surface area (TPSA) is 72.2 Å². The van der Waals surface area contributed by atoms with Gasteiger partial charge in [-0.05, 0) is 23.8 Å². The number of nitrogens with two attached hydrogens (primary N) is 1. The molecule has 0 unspecified atom stereocenters. The Morgan fingerprint density at radius 2 is 1.94 bits per heavy atom. The summed E-state index contributed by atoms with van der Waals surface area (Å²) in [5.74, 6) is -0.842. The number of hydrogen-bond donors (Lipinski definition) is 2. The maximum atomic E-state index is 11.0. The van der Waals surface area contributed by atoms with Crippen LogP contribution in [0.25, 0.3) is 6.08 Å². The fourth-order valence-corrected chi connectivity index (χ4v) is 1.12. The largest absolute Gasteiger partial charge is 0.366 e. The van der Waals surface area contributed by atoms with Crippen LogP contribution in [0.1, 0.15) is 5.56 Å². The number of carbonyl (C=O) groups excluding carboxylic acids is 2. The number of amides is 2. The van der Waals surface area contributed by atoms with Gasteiger partial charge >= 0.3 is 0 Å². The van der Waals surface area contributed by atoms with Crippen molar-refractivity contribution >= 4 is 35.2 Å². The number of hydrogen-bond acceptors (Lipinski definition) is 2. The smallest absolute Gasteiger partial charge is 0.241 e. The van der Waals surface area contributed by atoms with E-state index in [-0.39, 0.29) is 11.8 Å². The Kier molecular flexibility index (Phi) is 4.54. The molecule has 5 heteroatoms. The second kappa shape index (κ2) is 5.92. The standard InChI is InChI=1S/C11H11ClN2O2/c12-7-11(16)14-9-4-1-8(2-5-9)3-6-10(13)15/h1-6H,7H2,(H2,13,15)(H,14,16). The van der Waals surface area contributed by atoms with E-state index in [2.05, 4.69) is 5.32 Å². The van der Waals surface area contributed by atoms with Crippen molar-refractivity contribution in [1.82, 2.24) is 0 Å². The molecule has 0 spiro atoms. The number of anilines is 1. The molecule has 84 valence electrons. The number of nitrogens with one attached hydrogen (secondary N) is 1. The molecule has 0 aliphatic rings. The summed E-state index contributed by atoms with van der Waals surface area (Å²) >= 11 is 5.34. The number of alkyl halides is 1. The molecule has 0 fully saturated rings. The molecule has 1 aromatic carbocycles. The first-order chi connectivity index (χ1) is 7.61. The van der Waals surface area contributed by atoms with Gasteiger partial charge in [0.2, 0.25) is 11.8 Å². The second-order valence-corrected chi connectivity index (χ2v) is 3.31. The Labute approximate surface area is 98.1 Å². The van der Waals surface area contributed by atoms with Gasteiger partial charge < -0.3 is 11.1 Å². The summed E-state index contributed by atoms with van der Waals surface area (Å²) in [5.41, 5.74) is 6.43. The quantitative estimate of drug-likeness (QED) is 0.614. The van der Waals surface area contributed by atoms with Crippen LogP contribution in [0, 0.1) is 0 Å². The van der Waals surface area contributed by atoms with Crippen molar-refractivity contribution in [3.05, 3.63) is 35.9 Å². The molecule has 1 aromatic rings. The van der Waals surface area contributed by atoms with Crippen molar-refractivity contribution in [3.8, 4) is 0 Å². The van der Waals surface area contributed by atoms with Gasteiger partial charge in [-0.15, -0.1) is 11.6 Å². The number of primary amides is 1. The van der Waals surface area contributed by atoms with Crippen LogP contribution < -0.4 is 11.1 Å². The highest BCUT2D eigenvalue weighted by molar-refractivity contribution is 6.29. The molecular weight excluding hydrogens is 228 g/mol. The van der Waals surface area contributed by atoms with E-state index in [0.717, 1.165) is 5.56 Å². The third kappa shape index (κ3) is 4.14. The summed E-state index contributed by atoms with van der Waals surface area (Å²) in [7, 11) is 0. The summed E-state index contributed by atoms with van der Waals surface area (Å²) in [6.45, 7) is 0. The SMILES string of the molecule is NC(=O)C=Cc1ccc(NC(=O)CCl)cc1. The molecule has 1 rings (SSSR count). The molecule has 0 radical (unpaired) electrons. The van der Waals surface area contributed by atoms with Crippen LogP contribution in [-0.2, 0) is 9.59 Å². The number of halogens is 1. The highest BCUT2D eigenvalue weighted by atomic mass is 35.5. The minimum atomic E-state index is -0.500. The van der Waals surface area contributed by atoms with Crippen LogP contribution >= 0.6 is 11.6 Å². The summed E-state index contributed by atoms with van der Waals surface area (Å²) in [6.07, 6.45) is 2.86. The van der Waals surface area contributed by atoms with Crippen LogP contribution in [-0.4, -0.2) is 17.7 Å². The molecule has 2 amide bonds. The van der Waals surface area contributed by atoms with Gasteiger partial charge in [0, 0.05) is 11.8 Å². The number of carbonyl (C=O) groups is 2. The zero-order chi connectivity index (χ0) is 12.0. The van der Waals surface area contributed by atoms with Crippen LogP contribution in [0.3, 0.4) is 0 Å². The van der Waals surface area contributed by atoms with Crippen LogP contribution in [0.15, 0.2) is 30.3 Å². The minimum Gasteiger partial charge on any atom is -0.366 e. The lowest BCUT2D eigenvalue weighted by Gasteiger charge is -2.02. The van der Waals surface area contributed by atoms with Gasteiger partial charge in [0.15, 0.2) is 0 Å². The molecule has 0 aliphatic heterocycles. The number of rotatable bonds is 4. The molecule has 0 aliphatic carbocycles. The second-order valence-electron chi connectivity index (χ2n) is 3.04. The van der Waals surface area contributed by atoms with E-state index in [1.54, 1.807) is 30.3 Å². The van der Waals surface area contributed by atoms with E-state index in [9.17, 15) is 9.59 Å². The lowest BCUT2D eigenvalue weighted by Crippen LogP contribution is -2.12. The first-order valence-electron chi connectivity index (χ1n) is 4.55. The fourth-order valence-electron chi connectivity index (χ4n) is 1.05. The summed E-state index contributed by atoms with van der Waals surface area (Å²) in [5, 5.41) is 2.60. The first-order valence-corrected chi connectivity index (χ1v) is 5.08. The monoisotopic (exact) mass is 238 g/mol. The molecular formula is C11H11ClN2O2. The predicted molar refractivity (Wildman–Crippen MR) is 64.0 cm³/mol. The lowest BCUT2D eigenvalue weighted by atomic mass is 10.2. The third-order valence-electron chi connectivity index (χ3n) is 1.76. The third-order valence-corrected chi connectivity index (χ3v) is 2.00. The van der Waals surface area contributed by atoms with Gasteiger partial charge in [-0.2, -0.15) is 0 Å². The van der Waals surface area contributed by atoms with Gasteiger partial charge in [0.1, 0.15) is 5.88 Å². The van der Waals surface area contributed by atoms with Crippen molar-refractivity contribution < 1.29 is 9.59 Å². The Morgan fingerprint density at radius 3 is 2.44 bits per heavy atom. The lowest BCUT2D eigenvalue weighted by molar-refractivity contribution is -0.114. The Hall–Kier alpha value is -1.81. The highest BCUT2D eigenvalue weighted by Crippen LogP contribution is 2.10. The van der Waals surface area contributed by atoms with E-state index < -0.39 is 5.91 Å². The summed E-state index contributed by atoms with van der Waals surface area (Å²) in [4.78, 5) is 21.5. The zero-order valence-electron chi connectivity index (χ0n) is 8.44. The summed E-state index contributed by atoms with van der Waals surface area (Å²) < 4.78 is 0. The van der Waals surface area contributed by atoms with Crippen LogP contribution in [0.4, 0.5) is 5.69 Å². The zero-order valence-corrected chi connectivity index (χ0v) is 9.20. The molecule has 4 nitrogen and oxygen atoms in total. The molecule has 0 bridgehead atoms. The van der Waals surface area contributed by atoms with Crippen LogP contribution in [0.2, 0.25) is 0 Å². The average Bonchev–Trinajstić information content (AvgIpc) is 2.28. The highest BCUT2D eigenvalue weighted by Gasteiger charge is 1.98. The Bertz CT molecular complexity index is 412. The van der Waals surface area contributed by atoms with Crippen molar-refractivity contribution in [2.75, 3.05) is 11.2 Å². The summed E-state index contributed by atoms with van der Waals surface area (Å²) in [6, 6.07) is 6.93. The van der Waals surface area contributed by atoms with Gasteiger partial charge in [0.25, 0.3) is 0 Å². The average molecular weight is 239 g/mol. The van der Waals surface area contributed by atoms with E-state index in [1.165, 1.54) is 6.08 Å². The maximum absolute atomic E-state index is 11.0. The van der Waals surface area contributed by atoms with Gasteiger partial charge in [-0.1, -0.05) is 12.1 Å². The molecule has 0 heterocycles. The molecule has 0 atom stereocenters. The van der Waals surface area contributed by atoms with Crippen molar-refractivity contribution in [1.29, 1.82) is 0 Å². The van der Waals surface area contributed by atoms with Crippen molar-refractivity contribution in [3.63, 3.8) is 0 Å². The van der Waals surface area contributed by atoms with Gasteiger partial charge in [0.05, 0.1) is 0 Å². The molecule has 0 saturated heterocycles. The minimum absolute atomic E-state index is 0.0800. The van der Waals surface area contributed by atoms with E-state index in [1.807, 2.05) is 0 Å². The molecule has 0 aromatic heterocycles. The first kappa shape index (κ1) is 12.3. The Morgan fingerprint density at radius 1 is 1.31 bits per heavy atom. The normalized spacial score (nSPS) is 10.3. The maximum Gasteiger partial charge on any atom is 0.241 e. The van der Waals surface area contributed by atoms with E-state index >= 15 is 0 Å². The van der Waals surface area contributed by atoms with E-state index in [0.29, 0.717) is 5.69 Å². The van der Waals surface area contributed by atoms with Crippen molar-refractivity contribution in [2.45, 2.75) is 0 Å². The predicted octanol–water partition coefficient (Wildman–Crippen LogP) is 1.36. The molecule has 16 heavy (non-hydrogen) atoms. The Balaban J connectivity index is 2.68. The molecule has 3 N–H and O–H groups in total. The van der Waals surface area contributed by atoms with E-state index in [4.69, 9.17) is 17.3 Å². The fraction of sp³-hybridized carbons (Fsp3) is 0.0909. The molecule has 0 saturated carbocycles.